The van der Waals surface area contributed by atoms with E-state index in [0.717, 1.165) is 18.8 Å². The Kier molecular flexibility index (Phi) is 5.00. The Morgan fingerprint density at radius 3 is 2.22 bits per heavy atom. The molecule has 1 saturated heterocycles. The van der Waals surface area contributed by atoms with E-state index in [-0.39, 0.29) is 5.91 Å². The Morgan fingerprint density at radius 2 is 1.57 bits per heavy atom. The zero-order valence-corrected chi connectivity index (χ0v) is 14.6. The Bertz CT molecular complexity index is 728. The van der Waals surface area contributed by atoms with E-state index < -0.39 is 0 Å². The van der Waals surface area contributed by atoms with Gasteiger partial charge in [0.1, 0.15) is 0 Å². The third kappa shape index (κ3) is 3.74. The lowest BCUT2D eigenvalue weighted by atomic mass is 10.1. The van der Waals surface area contributed by atoms with E-state index in [1.54, 1.807) is 18.2 Å². The SMILES string of the molecule is O=C(c1ccc(Cl)cc1Cl)N1CCN(c2cccc(Cl)c2)CC1. The number of hydrogen-bond donors (Lipinski definition) is 0. The standard InChI is InChI=1S/C17H15Cl3N2O/c18-12-2-1-3-14(10-12)21-6-8-22(9-7-21)17(23)15-5-4-13(19)11-16(15)20/h1-5,10-11H,6-9H2. The third-order valence-corrected chi connectivity index (χ3v) is 4.68. The molecule has 0 unspecified atom stereocenters. The van der Waals surface area contributed by atoms with Gasteiger partial charge >= 0.3 is 0 Å². The van der Waals surface area contributed by atoms with E-state index in [1.807, 2.05) is 29.2 Å². The summed E-state index contributed by atoms with van der Waals surface area (Å²) in [6.45, 7) is 2.81. The van der Waals surface area contributed by atoms with Crippen molar-refractivity contribution in [2.45, 2.75) is 0 Å². The predicted molar refractivity (Wildman–Crippen MR) is 96.0 cm³/mol. The Labute approximate surface area is 150 Å². The van der Waals surface area contributed by atoms with Gasteiger partial charge in [0, 0.05) is 41.9 Å². The number of benzene rings is 2. The number of amides is 1. The van der Waals surface area contributed by atoms with Crippen LogP contribution in [0.5, 0.6) is 0 Å². The lowest BCUT2D eigenvalue weighted by molar-refractivity contribution is 0.0747. The minimum absolute atomic E-state index is 0.0580. The Hall–Kier alpha value is -1.42. The van der Waals surface area contributed by atoms with Crippen molar-refractivity contribution in [1.82, 2.24) is 4.90 Å². The van der Waals surface area contributed by atoms with Gasteiger partial charge in [0.05, 0.1) is 10.6 Å². The van der Waals surface area contributed by atoms with Crippen molar-refractivity contribution in [3.63, 3.8) is 0 Å². The third-order valence-electron chi connectivity index (χ3n) is 3.90. The maximum absolute atomic E-state index is 12.6. The average molecular weight is 370 g/mol. The molecule has 2 aromatic carbocycles. The molecule has 1 heterocycles. The number of anilines is 1. The van der Waals surface area contributed by atoms with Gasteiger partial charge in [-0.05, 0) is 36.4 Å². The van der Waals surface area contributed by atoms with Crippen LogP contribution in [0.4, 0.5) is 5.69 Å². The fraction of sp³-hybridized carbons (Fsp3) is 0.235. The number of piperazine rings is 1. The second-order valence-corrected chi connectivity index (χ2v) is 6.66. The minimum atomic E-state index is -0.0580. The largest absolute Gasteiger partial charge is 0.368 e. The molecule has 2 aromatic rings. The highest BCUT2D eigenvalue weighted by Gasteiger charge is 2.23. The number of carbonyl (C=O) groups is 1. The van der Waals surface area contributed by atoms with Gasteiger partial charge in [0.25, 0.3) is 5.91 Å². The van der Waals surface area contributed by atoms with Gasteiger partial charge in [-0.15, -0.1) is 0 Å². The molecule has 0 saturated carbocycles. The summed E-state index contributed by atoms with van der Waals surface area (Å²) in [4.78, 5) is 16.6. The van der Waals surface area contributed by atoms with Crippen LogP contribution < -0.4 is 4.90 Å². The number of nitrogens with zero attached hydrogens (tertiary/aromatic N) is 2. The maximum atomic E-state index is 12.6. The molecule has 1 aliphatic heterocycles. The lowest BCUT2D eigenvalue weighted by Crippen LogP contribution is -2.48. The molecule has 0 aromatic heterocycles. The van der Waals surface area contributed by atoms with Gasteiger partial charge in [0.2, 0.25) is 0 Å². The summed E-state index contributed by atoms with van der Waals surface area (Å²) in [5.74, 6) is -0.0580. The molecule has 0 atom stereocenters. The molecule has 3 nitrogen and oxygen atoms in total. The van der Waals surface area contributed by atoms with Crippen LogP contribution in [0.2, 0.25) is 15.1 Å². The fourth-order valence-electron chi connectivity index (χ4n) is 2.67. The van der Waals surface area contributed by atoms with Gasteiger partial charge in [-0.3, -0.25) is 4.79 Å². The molecule has 0 N–H and O–H groups in total. The molecule has 1 fully saturated rings. The van der Waals surface area contributed by atoms with Crippen LogP contribution in [0, 0.1) is 0 Å². The second kappa shape index (κ2) is 7.00. The number of carbonyl (C=O) groups excluding carboxylic acids is 1. The number of hydrogen-bond acceptors (Lipinski definition) is 2. The van der Waals surface area contributed by atoms with Crippen molar-refractivity contribution in [2.75, 3.05) is 31.1 Å². The van der Waals surface area contributed by atoms with Crippen LogP contribution in [0.15, 0.2) is 42.5 Å². The van der Waals surface area contributed by atoms with Gasteiger partial charge in [-0.25, -0.2) is 0 Å². The fourth-order valence-corrected chi connectivity index (χ4v) is 3.35. The van der Waals surface area contributed by atoms with Crippen LogP contribution in [0.25, 0.3) is 0 Å². The summed E-state index contributed by atoms with van der Waals surface area (Å²) in [7, 11) is 0. The highest BCUT2D eigenvalue weighted by molar-refractivity contribution is 6.36. The van der Waals surface area contributed by atoms with Gasteiger partial charge in [0.15, 0.2) is 0 Å². The molecule has 3 rings (SSSR count). The van der Waals surface area contributed by atoms with Crippen LogP contribution in [-0.2, 0) is 0 Å². The van der Waals surface area contributed by atoms with Crippen molar-refractivity contribution >= 4 is 46.4 Å². The van der Waals surface area contributed by atoms with Crippen molar-refractivity contribution in [3.8, 4) is 0 Å². The maximum Gasteiger partial charge on any atom is 0.255 e. The summed E-state index contributed by atoms with van der Waals surface area (Å²) >= 11 is 18.0. The van der Waals surface area contributed by atoms with Gasteiger partial charge in [-0.1, -0.05) is 40.9 Å². The molecule has 6 heteroatoms. The molecular weight excluding hydrogens is 355 g/mol. The smallest absolute Gasteiger partial charge is 0.255 e. The summed E-state index contributed by atoms with van der Waals surface area (Å²) in [6, 6.07) is 12.7. The number of halogens is 3. The van der Waals surface area contributed by atoms with Crippen LogP contribution in [0.3, 0.4) is 0 Å². The molecule has 120 valence electrons. The van der Waals surface area contributed by atoms with E-state index in [2.05, 4.69) is 4.90 Å². The summed E-state index contributed by atoms with van der Waals surface area (Å²) in [5, 5.41) is 1.63. The summed E-state index contributed by atoms with van der Waals surface area (Å²) in [5.41, 5.74) is 1.57. The lowest BCUT2D eigenvalue weighted by Gasteiger charge is -2.36. The van der Waals surface area contributed by atoms with E-state index in [9.17, 15) is 4.79 Å². The first-order valence-corrected chi connectivity index (χ1v) is 8.43. The summed E-state index contributed by atoms with van der Waals surface area (Å²) < 4.78 is 0. The molecule has 1 aliphatic rings. The Morgan fingerprint density at radius 1 is 0.870 bits per heavy atom. The quantitative estimate of drug-likeness (QED) is 0.772. The Balaban J connectivity index is 1.68. The van der Waals surface area contributed by atoms with E-state index in [1.165, 1.54) is 0 Å². The van der Waals surface area contributed by atoms with Crippen LogP contribution in [0.1, 0.15) is 10.4 Å². The molecule has 0 bridgehead atoms. The minimum Gasteiger partial charge on any atom is -0.368 e. The molecule has 0 spiro atoms. The summed E-state index contributed by atoms with van der Waals surface area (Å²) in [6.07, 6.45) is 0. The highest BCUT2D eigenvalue weighted by atomic mass is 35.5. The zero-order valence-electron chi connectivity index (χ0n) is 12.3. The highest BCUT2D eigenvalue weighted by Crippen LogP contribution is 2.24. The zero-order chi connectivity index (χ0) is 16.4. The molecule has 0 aliphatic carbocycles. The van der Waals surface area contributed by atoms with Gasteiger partial charge in [-0.2, -0.15) is 0 Å². The van der Waals surface area contributed by atoms with Crippen molar-refractivity contribution in [2.24, 2.45) is 0 Å². The first-order valence-electron chi connectivity index (χ1n) is 7.29. The van der Waals surface area contributed by atoms with Crippen molar-refractivity contribution < 1.29 is 4.79 Å². The molecular formula is C17H15Cl3N2O. The van der Waals surface area contributed by atoms with Crippen molar-refractivity contribution in [1.29, 1.82) is 0 Å². The van der Waals surface area contributed by atoms with Gasteiger partial charge < -0.3 is 9.80 Å². The molecule has 23 heavy (non-hydrogen) atoms. The van der Waals surface area contributed by atoms with Crippen molar-refractivity contribution in [3.05, 3.63) is 63.1 Å². The van der Waals surface area contributed by atoms with E-state index in [0.29, 0.717) is 33.7 Å². The van der Waals surface area contributed by atoms with E-state index >= 15 is 0 Å². The first kappa shape index (κ1) is 16.4. The first-order chi connectivity index (χ1) is 11.0. The average Bonchev–Trinajstić information content (AvgIpc) is 2.54. The van der Waals surface area contributed by atoms with Crippen LogP contribution >= 0.6 is 34.8 Å². The topological polar surface area (TPSA) is 23.6 Å². The monoisotopic (exact) mass is 368 g/mol. The van der Waals surface area contributed by atoms with E-state index in [4.69, 9.17) is 34.8 Å². The number of rotatable bonds is 2. The predicted octanol–water partition coefficient (Wildman–Crippen LogP) is 4.61. The normalized spacial score (nSPS) is 14.9. The molecule has 1 amide bonds. The molecule has 0 radical (unpaired) electrons. The second-order valence-electron chi connectivity index (χ2n) is 5.38. The van der Waals surface area contributed by atoms with Crippen LogP contribution in [-0.4, -0.2) is 37.0 Å².